The van der Waals surface area contributed by atoms with Gasteiger partial charge >= 0.3 is 0 Å². The van der Waals surface area contributed by atoms with Crippen LogP contribution in [-0.2, 0) is 0 Å². The highest BCUT2D eigenvalue weighted by Gasteiger charge is 2.03. The van der Waals surface area contributed by atoms with Gasteiger partial charge in [-0.1, -0.05) is 39.8 Å². The third-order valence-corrected chi connectivity index (χ3v) is 3.27. The van der Waals surface area contributed by atoms with E-state index in [9.17, 15) is 0 Å². The molecule has 0 aliphatic heterocycles. The Bertz CT molecular complexity index is 371. The molecule has 0 fully saturated rings. The molecule has 0 radical (unpaired) electrons. The van der Waals surface area contributed by atoms with E-state index >= 15 is 0 Å². The molecule has 2 nitrogen and oxygen atoms in total. The normalized spacial score (nSPS) is 12.3. The van der Waals surface area contributed by atoms with Crippen molar-refractivity contribution in [1.29, 1.82) is 0 Å². The molecule has 3 heteroatoms. The number of thiocarbonyl (C=S) groups is 1. The molecule has 1 unspecified atom stereocenters. The molecule has 1 rings (SSSR count). The van der Waals surface area contributed by atoms with Crippen molar-refractivity contribution in [2.45, 2.75) is 40.0 Å². The minimum Gasteiger partial charge on any atom is -0.362 e. The smallest absolute Gasteiger partial charge is 0.170 e. The van der Waals surface area contributed by atoms with Crippen LogP contribution in [-0.4, -0.2) is 11.7 Å². The first-order chi connectivity index (χ1) is 8.52. The predicted octanol–water partition coefficient (Wildman–Crippen LogP) is 4.14. The molecular formula is C15H24N2S. The Labute approximate surface area is 116 Å². The maximum atomic E-state index is 5.24. The summed E-state index contributed by atoms with van der Waals surface area (Å²) >= 11 is 5.24. The van der Waals surface area contributed by atoms with Crippen molar-refractivity contribution in [3.05, 3.63) is 29.8 Å². The van der Waals surface area contributed by atoms with Crippen LogP contribution in [0.25, 0.3) is 0 Å². The standard InChI is InChI=1S/C15H24N2S/c1-5-12(4)13-6-8-14(9-7-13)17-15(18)16-10-11(2)3/h6-9,11-12H,5,10H2,1-4H3,(H2,16,17,18). The molecule has 0 aliphatic carbocycles. The van der Waals surface area contributed by atoms with Gasteiger partial charge in [0, 0.05) is 12.2 Å². The molecule has 0 bridgehead atoms. The van der Waals surface area contributed by atoms with E-state index in [0.29, 0.717) is 16.9 Å². The van der Waals surface area contributed by atoms with E-state index in [1.165, 1.54) is 12.0 Å². The van der Waals surface area contributed by atoms with Crippen LogP contribution in [0.15, 0.2) is 24.3 Å². The Morgan fingerprint density at radius 3 is 2.28 bits per heavy atom. The Balaban J connectivity index is 2.50. The fourth-order valence-electron chi connectivity index (χ4n) is 1.60. The highest BCUT2D eigenvalue weighted by Crippen LogP contribution is 2.20. The highest BCUT2D eigenvalue weighted by molar-refractivity contribution is 7.80. The van der Waals surface area contributed by atoms with Gasteiger partial charge in [0.2, 0.25) is 0 Å². The minimum atomic E-state index is 0.595. The molecule has 100 valence electrons. The van der Waals surface area contributed by atoms with Crippen molar-refractivity contribution >= 4 is 23.0 Å². The van der Waals surface area contributed by atoms with E-state index < -0.39 is 0 Å². The summed E-state index contributed by atoms with van der Waals surface area (Å²) in [6, 6.07) is 8.51. The first kappa shape index (κ1) is 15.0. The van der Waals surface area contributed by atoms with E-state index in [2.05, 4.69) is 62.6 Å². The van der Waals surface area contributed by atoms with Gasteiger partial charge in [-0.05, 0) is 48.2 Å². The Kier molecular flexibility index (Phi) is 6.13. The summed E-state index contributed by atoms with van der Waals surface area (Å²) in [5.41, 5.74) is 2.42. The Morgan fingerprint density at radius 1 is 1.17 bits per heavy atom. The maximum Gasteiger partial charge on any atom is 0.170 e. The summed E-state index contributed by atoms with van der Waals surface area (Å²) in [4.78, 5) is 0. The van der Waals surface area contributed by atoms with Crippen molar-refractivity contribution in [3.8, 4) is 0 Å². The summed E-state index contributed by atoms with van der Waals surface area (Å²) in [6.45, 7) is 9.68. The van der Waals surface area contributed by atoms with Crippen LogP contribution in [0, 0.1) is 5.92 Å². The van der Waals surface area contributed by atoms with Crippen molar-refractivity contribution in [2.24, 2.45) is 5.92 Å². The molecule has 1 aromatic rings. The average Bonchev–Trinajstić information content (AvgIpc) is 2.36. The number of nitrogens with one attached hydrogen (secondary N) is 2. The van der Waals surface area contributed by atoms with Gasteiger partial charge in [0.25, 0.3) is 0 Å². The van der Waals surface area contributed by atoms with Gasteiger partial charge in [-0.3, -0.25) is 0 Å². The number of anilines is 1. The zero-order valence-electron chi connectivity index (χ0n) is 11.8. The molecule has 0 spiro atoms. The lowest BCUT2D eigenvalue weighted by Gasteiger charge is -2.13. The van der Waals surface area contributed by atoms with E-state index in [-0.39, 0.29) is 0 Å². The number of hydrogen-bond donors (Lipinski definition) is 2. The molecule has 0 heterocycles. The fraction of sp³-hybridized carbons (Fsp3) is 0.533. The summed E-state index contributed by atoms with van der Waals surface area (Å²) in [5.74, 6) is 1.21. The third kappa shape index (κ3) is 5.05. The average molecular weight is 264 g/mol. The van der Waals surface area contributed by atoms with Gasteiger partial charge in [-0.25, -0.2) is 0 Å². The monoisotopic (exact) mass is 264 g/mol. The Morgan fingerprint density at radius 2 is 1.78 bits per heavy atom. The molecule has 18 heavy (non-hydrogen) atoms. The lowest BCUT2D eigenvalue weighted by atomic mass is 9.99. The zero-order valence-corrected chi connectivity index (χ0v) is 12.6. The molecule has 0 saturated carbocycles. The van der Waals surface area contributed by atoms with Crippen LogP contribution in [0.5, 0.6) is 0 Å². The van der Waals surface area contributed by atoms with E-state index in [4.69, 9.17) is 12.2 Å². The largest absolute Gasteiger partial charge is 0.362 e. The van der Waals surface area contributed by atoms with Crippen molar-refractivity contribution in [3.63, 3.8) is 0 Å². The van der Waals surface area contributed by atoms with Crippen LogP contribution in [0.1, 0.15) is 45.6 Å². The molecule has 0 aromatic heterocycles. The second kappa shape index (κ2) is 7.37. The van der Waals surface area contributed by atoms with Gasteiger partial charge in [0.05, 0.1) is 0 Å². The van der Waals surface area contributed by atoms with Gasteiger partial charge in [0.15, 0.2) is 5.11 Å². The van der Waals surface area contributed by atoms with Crippen LogP contribution < -0.4 is 10.6 Å². The van der Waals surface area contributed by atoms with E-state index in [0.717, 1.165) is 12.2 Å². The molecule has 0 amide bonds. The predicted molar refractivity (Wildman–Crippen MR) is 84.2 cm³/mol. The molecule has 1 atom stereocenters. The van der Waals surface area contributed by atoms with Crippen LogP contribution in [0.2, 0.25) is 0 Å². The summed E-state index contributed by atoms with van der Waals surface area (Å²) in [6.07, 6.45) is 1.17. The maximum absolute atomic E-state index is 5.24. The van der Waals surface area contributed by atoms with E-state index in [1.54, 1.807) is 0 Å². The summed E-state index contributed by atoms with van der Waals surface area (Å²) in [5, 5.41) is 7.10. The first-order valence-electron chi connectivity index (χ1n) is 6.67. The van der Waals surface area contributed by atoms with Crippen LogP contribution in [0.3, 0.4) is 0 Å². The van der Waals surface area contributed by atoms with Gasteiger partial charge < -0.3 is 10.6 Å². The number of hydrogen-bond acceptors (Lipinski definition) is 1. The summed E-state index contributed by atoms with van der Waals surface area (Å²) < 4.78 is 0. The number of rotatable bonds is 5. The quantitative estimate of drug-likeness (QED) is 0.782. The highest BCUT2D eigenvalue weighted by atomic mass is 32.1. The molecular weight excluding hydrogens is 240 g/mol. The SMILES string of the molecule is CCC(C)c1ccc(NC(=S)NCC(C)C)cc1. The zero-order chi connectivity index (χ0) is 13.5. The molecule has 2 N–H and O–H groups in total. The fourth-order valence-corrected chi connectivity index (χ4v) is 1.80. The molecule has 0 aliphatic rings. The van der Waals surface area contributed by atoms with Crippen molar-refractivity contribution < 1.29 is 0 Å². The second-order valence-corrected chi connectivity index (χ2v) is 5.57. The van der Waals surface area contributed by atoms with Crippen LogP contribution in [0.4, 0.5) is 5.69 Å². The summed E-state index contributed by atoms with van der Waals surface area (Å²) in [7, 11) is 0. The van der Waals surface area contributed by atoms with Gasteiger partial charge in [0.1, 0.15) is 0 Å². The molecule has 1 aromatic carbocycles. The topological polar surface area (TPSA) is 24.1 Å². The van der Waals surface area contributed by atoms with Crippen molar-refractivity contribution in [1.82, 2.24) is 5.32 Å². The minimum absolute atomic E-state index is 0.595. The molecule has 0 saturated heterocycles. The number of benzene rings is 1. The van der Waals surface area contributed by atoms with Gasteiger partial charge in [-0.15, -0.1) is 0 Å². The van der Waals surface area contributed by atoms with Gasteiger partial charge in [-0.2, -0.15) is 0 Å². The lowest BCUT2D eigenvalue weighted by Crippen LogP contribution is -2.31. The third-order valence-electron chi connectivity index (χ3n) is 3.02. The lowest BCUT2D eigenvalue weighted by molar-refractivity contribution is 0.627. The van der Waals surface area contributed by atoms with Crippen molar-refractivity contribution in [2.75, 3.05) is 11.9 Å². The first-order valence-corrected chi connectivity index (χ1v) is 7.08. The van der Waals surface area contributed by atoms with E-state index in [1.807, 2.05) is 0 Å². The Hall–Kier alpha value is -1.09. The second-order valence-electron chi connectivity index (χ2n) is 5.16. The van der Waals surface area contributed by atoms with Crippen LogP contribution >= 0.6 is 12.2 Å².